The fourth-order valence-corrected chi connectivity index (χ4v) is 3.68. The molecule has 1 aliphatic carbocycles. The van der Waals surface area contributed by atoms with Crippen LogP contribution in [0.25, 0.3) is 5.65 Å². The number of likely N-dealkylation sites (tertiary alicyclic amines) is 1. The summed E-state index contributed by atoms with van der Waals surface area (Å²) in [5.41, 5.74) is 2.06. The number of nitrogens with zero attached hydrogens (tertiary/aromatic N) is 8. The van der Waals surface area contributed by atoms with E-state index >= 15 is 0 Å². The van der Waals surface area contributed by atoms with Crippen LogP contribution in [0.4, 0.5) is 0 Å². The maximum Gasteiger partial charge on any atom is 0.177 e. The van der Waals surface area contributed by atoms with Crippen LogP contribution in [0.3, 0.4) is 0 Å². The van der Waals surface area contributed by atoms with Gasteiger partial charge in [-0.2, -0.15) is 14.7 Å². The van der Waals surface area contributed by atoms with Crippen molar-refractivity contribution in [2.75, 3.05) is 19.6 Å². The van der Waals surface area contributed by atoms with Crippen molar-refractivity contribution in [1.82, 2.24) is 39.5 Å². The summed E-state index contributed by atoms with van der Waals surface area (Å²) in [6.45, 7) is 4.07. The molecule has 1 saturated carbocycles. The summed E-state index contributed by atoms with van der Waals surface area (Å²) in [6.07, 6.45) is 8.10. The predicted octanol–water partition coefficient (Wildman–Crippen LogP) is 1.47. The first-order valence-corrected chi connectivity index (χ1v) is 9.14. The van der Waals surface area contributed by atoms with Crippen LogP contribution in [0.2, 0.25) is 0 Å². The molecule has 8 nitrogen and oxygen atoms in total. The summed E-state index contributed by atoms with van der Waals surface area (Å²) < 4.78 is 3.88. The second-order valence-electron chi connectivity index (χ2n) is 7.14. The quantitative estimate of drug-likeness (QED) is 0.701. The Hall–Kier alpha value is -2.35. The summed E-state index contributed by atoms with van der Waals surface area (Å²) in [5.74, 6) is 2.13. The van der Waals surface area contributed by atoms with Crippen LogP contribution in [-0.2, 0) is 6.54 Å². The molecule has 0 aromatic carbocycles. The molecule has 5 rings (SSSR count). The first kappa shape index (κ1) is 14.9. The highest BCUT2D eigenvalue weighted by Crippen LogP contribution is 2.39. The largest absolute Gasteiger partial charge is 0.301 e. The topological polar surface area (TPSA) is 77.0 Å². The lowest BCUT2D eigenvalue weighted by Crippen LogP contribution is -2.35. The molecular formula is C17H22N8. The van der Waals surface area contributed by atoms with Gasteiger partial charge in [0.2, 0.25) is 0 Å². The lowest BCUT2D eigenvalue weighted by molar-refractivity contribution is 0.199. The number of aromatic nitrogens is 7. The van der Waals surface area contributed by atoms with E-state index in [0.29, 0.717) is 11.8 Å². The van der Waals surface area contributed by atoms with E-state index in [1.807, 2.05) is 9.20 Å². The Kier molecular flexibility index (Phi) is 3.70. The maximum atomic E-state index is 4.82. The highest BCUT2D eigenvalue weighted by Gasteiger charge is 2.28. The van der Waals surface area contributed by atoms with E-state index in [1.54, 1.807) is 12.7 Å². The van der Waals surface area contributed by atoms with Gasteiger partial charge in [0.05, 0.1) is 12.2 Å². The Balaban J connectivity index is 1.25. The van der Waals surface area contributed by atoms with Gasteiger partial charge >= 0.3 is 0 Å². The van der Waals surface area contributed by atoms with E-state index in [4.69, 9.17) is 5.10 Å². The third-order valence-electron chi connectivity index (χ3n) is 5.37. The van der Waals surface area contributed by atoms with Gasteiger partial charge in [0.15, 0.2) is 11.5 Å². The lowest BCUT2D eigenvalue weighted by Gasteiger charge is -2.30. The number of piperidine rings is 1. The number of hydrogen-bond donors (Lipinski definition) is 0. The Bertz CT molecular complexity index is 843. The van der Waals surface area contributed by atoms with Gasteiger partial charge in [0, 0.05) is 18.4 Å². The van der Waals surface area contributed by atoms with Gasteiger partial charge in [0.1, 0.15) is 12.7 Å². The SMILES string of the molecule is c1ncn(CCN2CCC(c3nnc4ccc(C5CC5)nn34)CC2)n1. The fourth-order valence-electron chi connectivity index (χ4n) is 3.68. The predicted molar refractivity (Wildman–Crippen MR) is 91.2 cm³/mol. The van der Waals surface area contributed by atoms with E-state index in [0.717, 1.165) is 50.5 Å². The minimum absolute atomic E-state index is 0.444. The maximum absolute atomic E-state index is 4.82. The highest BCUT2D eigenvalue weighted by atomic mass is 15.4. The number of fused-ring (bicyclic) bond motifs is 1. The zero-order chi connectivity index (χ0) is 16.6. The van der Waals surface area contributed by atoms with Gasteiger partial charge in [-0.05, 0) is 50.9 Å². The molecule has 0 unspecified atom stereocenters. The molecule has 8 heteroatoms. The van der Waals surface area contributed by atoms with Gasteiger partial charge < -0.3 is 4.90 Å². The minimum Gasteiger partial charge on any atom is -0.301 e. The van der Waals surface area contributed by atoms with Crippen molar-refractivity contribution < 1.29 is 0 Å². The van der Waals surface area contributed by atoms with E-state index < -0.39 is 0 Å². The molecule has 0 atom stereocenters. The van der Waals surface area contributed by atoms with E-state index in [9.17, 15) is 0 Å². The van der Waals surface area contributed by atoms with Crippen molar-refractivity contribution in [1.29, 1.82) is 0 Å². The average molecular weight is 338 g/mol. The normalized spacial score (nSPS) is 19.7. The molecule has 2 fully saturated rings. The summed E-state index contributed by atoms with van der Waals surface area (Å²) in [6, 6.07) is 4.17. The smallest absolute Gasteiger partial charge is 0.177 e. The molecule has 0 spiro atoms. The standard InChI is InChI=1S/C17H22N8/c1-2-13(1)15-3-4-16-20-21-17(25(16)22-15)14-5-7-23(8-6-14)9-10-24-12-18-11-19-24/h3-4,11-14H,1-2,5-10H2. The minimum atomic E-state index is 0.444. The van der Waals surface area contributed by atoms with Crippen LogP contribution in [0.5, 0.6) is 0 Å². The van der Waals surface area contributed by atoms with Gasteiger partial charge in [-0.15, -0.1) is 10.2 Å². The van der Waals surface area contributed by atoms with E-state index in [-0.39, 0.29) is 0 Å². The second kappa shape index (κ2) is 6.18. The van der Waals surface area contributed by atoms with Crippen molar-refractivity contribution in [3.8, 4) is 0 Å². The monoisotopic (exact) mass is 338 g/mol. The van der Waals surface area contributed by atoms with Crippen LogP contribution < -0.4 is 0 Å². The molecule has 2 aliphatic rings. The van der Waals surface area contributed by atoms with Gasteiger partial charge in [-0.1, -0.05) is 0 Å². The first-order valence-electron chi connectivity index (χ1n) is 9.14. The second-order valence-corrected chi connectivity index (χ2v) is 7.14. The molecule has 25 heavy (non-hydrogen) atoms. The van der Waals surface area contributed by atoms with Crippen molar-refractivity contribution in [2.45, 2.75) is 44.1 Å². The Labute approximate surface area is 145 Å². The van der Waals surface area contributed by atoms with Gasteiger partial charge in [-0.3, -0.25) is 4.68 Å². The van der Waals surface area contributed by atoms with Gasteiger partial charge in [-0.25, -0.2) is 4.98 Å². The first-order chi connectivity index (χ1) is 12.4. The Morgan fingerprint density at radius 1 is 0.960 bits per heavy atom. The molecule has 3 aromatic heterocycles. The molecule has 1 aliphatic heterocycles. The van der Waals surface area contributed by atoms with Crippen LogP contribution in [0.15, 0.2) is 24.8 Å². The summed E-state index contributed by atoms with van der Waals surface area (Å²) in [5, 5.41) is 17.8. The zero-order valence-corrected chi connectivity index (χ0v) is 14.2. The van der Waals surface area contributed by atoms with E-state index in [1.165, 1.54) is 18.5 Å². The van der Waals surface area contributed by atoms with Crippen LogP contribution in [-0.4, -0.2) is 59.1 Å². The Morgan fingerprint density at radius 2 is 1.84 bits per heavy atom. The Morgan fingerprint density at radius 3 is 2.60 bits per heavy atom. The molecule has 0 amide bonds. The molecule has 0 bridgehead atoms. The van der Waals surface area contributed by atoms with Crippen LogP contribution in [0, 0.1) is 0 Å². The van der Waals surface area contributed by atoms with E-state index in [2.05, 4.69) is 37.3 Å². The summed E-state index contributed by atoms with van der Waals surface area (Å²) >= 11 is 0. The van der Waals surface area contributed by atoms with Crippen molar-refractivity contribution in [3.63, 3.8) is 0 Å². The molecule has 130 valence electrons. The number of hydrogen-bond acceptors (Lipinski definition) is 6. The van der Waals surface area contributed by atoms with Crippen molar-refractivity contribution >= 4 is 5.65 Å². The van der Waals surface area contributed by atoms with Crippen LogP contribution >= 0.6 is 0 Å². The van der Waals surface area contributed by atoms with Gasteiger partial charge in [0.25, 0.3) is 0 Å². The van der Waals surface area contributed by atoms with Crippen LogP contribution in [0.1, 0.15) is 49.0 Å². The lowest BCUT2D eigenvalue weighted by atomic mass is 9.96. The summed E-state index contributed by atoms with van der Waals surface area (Å²) in [7, 11) is 0. The average Bonchev–Trinajstić information content (AvgIpc) is 3.21. The molecule has 0 N–H and O–H groups in total. The van der Waals surface area contributed by atoms with Crippen molar-refractivity contribution in [3.05, 3.63) is 36.3 Å². The molecule has 4 heterocycles. The van der Waals surface area contributed by atoms with Crippen molar-refractivity contribution in [2.24, 2.45) is 0 Å². The molecule has 1 saturated heterocycles. The third kappa shape index (κ3) is 3.02. The fraction of sp³-hybridized carbons (Fsp3) is 0.588. The molecule has 0 radical (unpaired) electrons. The summed E-state index contributed by atoms with van der Waals surface area (Å²) in [4.78, 5) is 6.48. The highest BCUT2D eigenvalue weighted by molar-refractivity contribution is 5.38. The molecular weight excluding hydrogens is 316 g/mol. The number of rotatable bonds is 5. The molecule has 3 aromatic rings. The zero-order valence-electron chi connectivity index (χ0n) is 14.2. The third-order valence-corrected chi connectivity index (χ3v) is 5.37.